The number of hydrogen-bond acceptors (Lipinski definition) is 2. The van der Waals surface area contributed by atoms with Gasteiger partial charge in [-0.3, -0.25) is 4.79 Å². The van der Waals surface area contributed by atoms with Crippen LogP contribution >= 0.6 is 23.2 Å². The van der Waals surface area contributed by atoms with Gasteiger partial charge in [0.2, 0.25) is 5.91 Å². The zero-order valence-electron chi connectivity index (χ0n) is 16.5. The van der Waals surface area contributed by atoms with Crippen molar-refractivity contribution in [3.05, 3.63) is 62.6 Å². The predicted molar refractivity (Wildman–Crippen MR) is 113 cm³/mol. The molecule has 0 aromatic heterocycles. The number of halogens is 2. The van der Waals surface area contributed by atoms with Crippen molar-refractivity contribution >= 4 is 29.1 Å². The maximum Gasteiger partial charge on any atom is 0.220 e. The molecule has 5 heteroatoms. The lowest BCUT2D eigenvalue weighted by Crippen LogP contribution is -2.27. The number of ether oxygens (including phenoxy) is 1. The van der Waals surface area contributed by atoms with Crippen LogP contribution in [-0.2, 0) is 11.2 Å². The van der Waals surface area contributed by atoms with Crippen LogP contribution in [0.25, 0.3) is 0 Å². The van der Waals surface area contributed by atoms with E-state index in [9.17, 15) is 4.79 Å². The maximum atomic E-state index is 12.5. The number of hydrogen-bond donors (Lipinski definition) is 1. The first-order chi connectivity index (χ1) is 12.7. The molecular weight excluding hydrogens is 381 g/mol. The molecule has 27 heavy (non-hydrogen) atoms. The molecule has 0 saturated heterocycles. The van der Waals surface area contributed by atoms with Crippen molar-refractivity contribution in [2.45, 2.75) is 52.5 Å². The van der Waals surface area contributed by atoms with Gasteiger partial charge in [-0.05, 0) is 72.7 Å². The third kappa shape index (κ3) is 5.40. The van der Waals surface area contributed by atoms with Gasteiger partial charge in [0.15, 0.2) is 0 Å². The molecule has 3 nitrogen and oxygen atoms in total. The largest absolute Gasteiger partial charge is 0.496 e. The molecule has 0 aliphatic rings. The number of methoxy groups -OCH3 is 1. The SMILES string of the molecule is COc1cc(C)c([C@H](C)NC(=O)CCc2c(Cl)cccc2Cl)cc1C(C)C. The van der Waals surface area contributed by atoms with Crippen molar-refractivity contribution in [1.82, 2.24) is 5.32 Å². The molecule has 0 aliphatic carbocycles. The summed E-state index contributed by atoms with van der Waals surface area (Å²) in [5, 5.41) is 4.27. The molecule has 0 radical (unpaired) electrons. The van der Waals surface area contributed by atoms with E-state index in [4.69, 9.17) is 27.9 Å². The molecule has 0 unspecified atom stereocenters. The molecule has 146 valence electrons. The van der Waals surface area contributed by atoms with Crippen LogP contribution in [0.2, 0.25) is 10.0 Å². The fourth-order valence-electron chi connectivity index (χ4n) is 3.21. The molecule has 2 aromatic rings. The zero-order chi connectivity index (χ0) is 20.1. The fourth-order valence-corrected chi connectivity index (χ4v) is 3.80. The van der Waals surface area contributed by atoms with Gasteiger partial charge in [0.25, 0.3) is 0 Å². The van der Waals surface area contributed by atoms with Gasteiger partial charge in [-0.2, -0.15) is 0 Å². The number of carbonyl (C=O) groups is 1. The Bertz CT molecular complexity index is 798. The molecule has 0 spiro atoms. The highest BCUT2D eigenvalue weighted by molar-refractivity contribution is 6.36. The van der Waals surface area contributed by atoms with Crippen LogP contribution in [0.1, 0.15) is 61.4 Å². The van der Waals surface area contributed by atoms with Crippen molar-refractivity contribution in [1.29, 1.82) is 0 Å². The summed E-state index contributed by atoms with van der Waals surface area (Å²) >= 11 is 12.4. The number of rotatable bonds is 7. The summed E-state index contributed by atoms with van der Waals surface area (Å²) in [5.74, 6) is 1.20. The first-order valence-electron chi connectivity index (χ1n) is 9.15. The summed E-state index contributed by atoms with van der Waals surface area (Å²) in [6.07, 6.45) is 0.843. The van der Waals surface area contributed by atoms with Crippen LogP contribution in [0.3, 0.4) is 0 Å². The fraction of sp³-hybridized carbons (Fsp3) is 0.409. The summed E-state index contributed by atoms with van der Waals surface area (Å²) in [5.41, 5.74) is 4.15. The lowest BCUT2D eigenvalue weighted by molar-refractivity contribution is -0.121. The van der Waals surface area contributed by atoms with Crippen LogP contribution < -0.4 is 10.1 Å². The Hall–Kier alpha value is -1.71. The van der Waals surface area contributed by atoms with E-state index in [0.29, 0.717) is 28.8 Å². The van der Waals surface area contributed by atoms with E-state index in [1.807, 2.05) is 19.9 Å². The van der Waals surface area contributed by atoms with E-state index in [1.165, 1.54) is 0 Å². The van der Waals surface area contributed by atoms with Crippen LogP contribution in [0.15, 0.2) is 30.3 Å². The number of amides is 1. The Labute approximate surface area is 172 Å². The van der Waals surface area contributed by atoms with Crippen molar-refractivity contribution < 1.29 is 9.53 Å². The maximum absolute atomic E-state index is 12.5. The summed E-state index contributed by atoms with van der Waals surface area (Å²) in [7, 11) is 1.69. The van der Waals surface area contributed by atoms with Crippen molar-refractivity contribution in [3.8, 4) is 5.75 Å². The molecule has 0 heterocycles. The van der Waals surface area contributed by atoms with Gasteiger partial charge >= 0.3 is 0 Å². The van der Waals surface area contributed by atoms with E-state index in [1.54, 1.807) is 25.3 Å². The average Bonchev–Trinajstić information content (AvgIpc) is 2.60. The van der Waals surface area contributed by atoms with E-state index >= 15 is 0 Å². The third-order valence-electron chi connectivity index (χ3n) is 4.75. The average molecular weight is 408 g/mol. The smallest absolute Gasteiger partial charge is 0.220 e. The summed E-state index contributed by atoms with van der Waals surface area (Å²) < 4.78 is 5.50. The normalized spacial score (nSPS) is 12.1. The Morgan fingerprint density at radius 1 is 1.11 bits per heavy atom. The van der Waals surface area contributed by atoms with Gasteiger partial charge in [0, 0.05) is 16.5 Å². The van der Waals surface area contributed by atoms with Gasteiger partial charge in [0.05, 0.1) is 13.2 Å². The second-order valence-electron chi connectivity index (χ2n) is 7.09. The van der Waals surface area contributed by atoms with Crippen molar-refractivity contribution in [2.75, 3.05) is 7.11 Å². The summed E-state index contributed by atoms with van der Waals surface area (Å²) in [6, 6.07) is 9.46. The van der Waals surface area contributed by atoms with Gasteiger partial charge in [0.1, 0.15) is 5.75 Å². The van der Waals surface area contributed by atoms with E-state index in [-0.39, 0.29) is 11.9 Å². The van der Waals surface area contributed by atoms with Gasteiger partial charge in [-0.15, -0.1) is 0 Å². The summed E-state index contributed by atoms with van der Waals surface area (Å²) in [4.78, 5) is 12.5. The molecule has 0 aliphatic heterocycles. The minimum atomic E-state index is -0.0948. The van der Waals surface area contributed by atoms with Gasteiger partial charge in [-0.1, -0.05) is 43.1 Å². The lowest BCUT2D eigenvalue weighted by atomic mass is 9.93. The van der Waals surface area contributed by atoms with E-state index in [2.05, 4.69) is 25.2 Å². The standard InChI is InChI=1S/C22H27Cl2NO2/c1-13(2)17-12-18(14(3)11-21(17)27-5)15(4)25-22(26)10-9-16-19(23)7-6-8-20(16)24/h6-8,11-13,15H,9-10H2,1-5H3,(H,25,26)/t15-/m0/s1. The number of nitrogens with one attached hydrogen (secondary N) is 1. The number of aryl methyl sites for hydroxylation is 1. The zero-order valence-corrected chi connectivity index (χ0v) is 18.0. The highest BCUT2D eigenvalue weighted by Gasteiger charge is 2.17. The first kappa shape index (κ1) is 21.6. The molecule has 1 N–H and O–H groups in total. The quantitative estimate of drug-likeness (QED) is 0.589. The highest BCUT2D eigenvalue weighted by Crippen LogP contribution is 2.32. The van der Waals surface area contributed by atoms with E-state index < -0.39 is 0 Å². The second-order valence-corrected chi connectivity index (χ2v) is 7.91. The molecule has 1 atom stereocenters. The van der Waals surface area contributed by atoms with Crippen LogP contribution in [0.5, 0.6) is 5.75 Å². The topological polar surface area (TPSA) is 38.3 Å². The van der Waals surface area contributed by atoms with Crippen LogP contribution in [0, 0.1) is 6.92 Å². The monoisotopic (exact) mass is 407 g/mol. The first-order valence-corrected chi connectivity index (χ1v) is 9.90. The Morgan fingerprint density at radius 3 is 2.30 bits per heavy atom. The Kier molecular flexibility index (Phi) is 7.58. The number of benzene rings is 2. The molecular formula is C22H27Cl2NO2. The van der Waals surface area contributed by atoms with Crippen LogP contribution in [0.4, 0.5) is 0 Å². The Morgan fingerprint density at radius 2 is 1.74 bits per heavy atom. The number of carbonyl (C=O) groups excluding carboxylic acids is 1. The van der Waals surface area contributed by atoms with Crippen molar-refractivity contribution in [2.24, 2.45) is 0 Å². The third-order valence-corrected chi connectivity index (χ3v) is 5.46. The molecule has 0 fully saturated rings. The van der Waals surface area contributed by atoms with Gasteiger partial charge < -0.3 is 10.1 Å². The minimum Gasteiger partial charge on any atom is -0.496 e. The summed E-state index contributed by atoms with van der Waals surface area (Å²) in [6.45, 7) is 8.30. The Balaban J connectivity index is 2.09. The van der Waals surface area contributed by atoms with Crippen molar-refractivity contribution in [3.63, 3.8) is 0 Å². The molecule has 1 amide bonds. The molecule has 2 rings (SSSR count). The lowest BCUT2D eigenvalue weighted by Gasteiger charge is -2.21. The van der Waals surface area contributed by atoms with Gasteiger partial charge in [-0.25, -0.2) is 0 Å². The predicted octanol–water partition coefficient (Wildman–Crippen LogP) is 6.24. The molecule has 0 saturated carbocycles. The highest BCUT2D eigenvalue weighted by atomic mass is 35.5. The van der Waals surface area contributed by atoms with Crippen LogP contribution in [-0.4, -0.2) is 13.0 Å². The minimum absolute atomic E-state index is 0.0280. The molecule has 0 bridgehead atoms. The van der Waals surface area contributed by atoms with E-state index in [0.717, 1.165) is 28.0 Å². The molecule has 2 aromatic carbocycles. The second kappa shape index (κ2) is 9.48.